The number of pyridine rings is 1. The van der Waals surface area contributed by atoms with Crippen LogP contribution < -0.4 is 10.7 Å². The number of nitrogens with one attached hydrogen (secondary N) is 1. The Morgan fingerprint density at radius 1 is 1.36 bits per heavy atom. The summed E-state index contributed by atoms with van der Waals surface area (Å²) in [5.74, 6) is -1.94. The molecule has 0 unspecified atom stereocenters. The number of nitrogens with zero attached hydrogens (tertiary/aromatic N) is 1. The minimum atomic E-state index is -1.31. The Morgan fingerprint density at radius 3 is 2.76 bits per heavy atom. The molecular formula is C17H19FN2O5. The molecule has 25 heavy (non-hydrogen) atoms. The Bertz CT molecular complexity index is 860. The van der Waals surface area contributed by atoms with Crippen LogP contribution in [-0.2, 0) is 4.74 Å². The van der Waals surface area contributed by atoms with Crippen molar-refractivity contribution in [2.24, 2.45) is 0 Å². The highest BCUT2D eigenvalue weighted by Crippen LogP contribution is 2.37. The zero-order valence-electron chi connectivity index (χ0n) is 13.5. The van der Waals surface area contributed by atoms with Crippen molar-refractivity contribution in [3.63, 3.8) is 0 Å². The number of carboxylic acids is 1. The van der Waals surface area contributed by atoms with Crippen molar-refractivity contribution in [2.45, 2.75) is 18.9 Å². The first-order valence-corrected chi connectivity index (χ1v) is 8.07. The molecule has 1 fully saturated rings. The molecule has 0 bridgehead atoms. The molecule has 3 rings (SSSR count). The SMILES string of the molecule is O=C(O)c1cn(C2CC2)c2cc(NCCOCCO)c(F)cc2c1=O. The van der Waals surface area contributed by atoms with E-state index >= 15 is 0 Å². The number of benzene rings is 1. The topological polar surface area (TPSA) is 101 Å². The number of aromatic nitrogens is 1. The summed E-state index contributed by atoms with van der Waals surface area (Å²) in [6.07, 6.45) is 3.13. The molecule has 0 atom stereocenters. The molecule has 7 nitrogen and oxygen atoms in total. The highest BCUT2D eigenvalue weighted by molar-refractivity contribution is 5.93. The zero-order valence-corrected chi connectivity index (χ0v) is 13.5. The third-order valence-corrected chi connectivity index (χ3v) is 4.09. The van der Waals surface area contributed by atoms with E-state index in [0.29, 0.717) is 18.7 Å². The van der Waals surface area contributed by atoms with Crippen LogP contribution in [0.25, 0.3) is 10.9 Å². The van der Waals surface area contributed by atoms with Gasteiger partial charge in [0.1, 0.15) is 11.4 Å². The number of aliphatic hydroxyl groups is 1. The lowest BCUT2D eigenvalue weighted by atomic mass is 10.1. The molecule has 0 radical (unpaired) electrons. The molecule has 2 aromatic rings. The normalized spacial score (nSPS) is 14.0. The fourth-order valence-electron chi connectivity index (χ4n) is 2.74. The van der Waals surface area contributed by atoms with Crippen molar-refractivity contribution >= 4 is 22.6 Å². The predicted molar refractivity (Wildman–Crippen MR) is 89.8 cm³/mol. The van der Waals surface area contributed by atoms with Gasteiger partial charge in [-0.2, -0.15) is 0 Å². The highest BCUT2D eigenvalue weighted by Gasteiger charge is 2.27. The third-order valence-electron chi connectivity index (χ3n) is 4.09. The van der Waals surface area contributed by atoms with Crippen LogP contribution in [0.3, 0.4) is 0 Å². The van der Waals surface area contributed by atoms with Crippen LogP contribution in [0.4, 0.5) is 10.1 Å². The first kappa shape index (κ1) is 17.4. The van der Waals surface area contributed by atoms with Gasteiger partial charge in [-0.15, -0.1) is 0 Å². The maximum Gasteiger partial charge on any atom is 0.341 e. The summed E-state index contributed by atoms with van der Waals surface area (Å²) in [6.45, 7) is 0.764. The fraction of sp³-hybridized carbons (Fsp3) is 0.412. The first-order chi connectivity index (χ1) is 12.0. The van der Waals surface area contributed by atoms with Crippen LogP contribution in [-0.4, -0.2) is 47.1 Å². The molecule has 134 valence electrons. The lowest BCUT2D eigenvalue weighted by Crippen LogP contribution is -2.19. The van der Waals surface area contributed by atoms with Crippen molar-refractivity contribution in [2.75, 3.05) is 31.7 Å². The number of anilines is 1. The maximum absolute atomic E-state index is 14.3. The van der Waals surface area contributed by atoms with Crippen LogP contribution in [0, 0.1) is 5.82 Å². The van der Waals surface area contributed by atoms with Gasteiger partial charge >= 0.3 is 5.97 Å². The second kappa shape index (κ2) is 7.20. The molecule has 0 spiro atoms. The van der Waals surface area contributed by atoms with Crippen molar-refractivity contribution in [3.8, 4) is 0 Å². The van der Waals surface area contributed by atoms with Gasteiger partial charge in [-0.1, -0.05) is 0 Å². The number of rotatable bonds is 8. The number of fused-ring (bicyclic) bond motifs is 1. The number of ether oxygens (including phenoxy) is 1. The number of aromatic carboxylic acids is 1. The largest absolute Gasteiger partial charge is 0.477 e. The van der Waals surface area contributed by atoms with Crippen molar-refractivity contribution in [1.29, 1.82) is 0 Å². The Kier molecular flexibility index (Phi) is 5.00. The third kappa shape index (κ3) is 3.64. The molecule has 1 saturated carbocycles. The Hall–Kier alpha value is -2.45. The lowest BCUT2D eigenvalue weighted by molar-refractivity contribution is 0.0695. The maximum atomic E-state index is 14.3. The average Bonchev–Trinajstić information content (AvgIpc) is 3.40. The van der Waals surface area contributed by atoms with E-state index in [0.717, 1.165) is 18.9 Å². The number of carbonyl (C=O) groups is 1. The minimum absolute atomic E-state index is 0.0615. The monoisotopic (exact) mass is 350 g/mol. The van der Waals surface area contributed by atoms with Crippen molar-refractivity contribution in [3.05, 3.63) is 39.9 Å². The smallest absolute Gasteiger partial charge is 0.341 e. The van der Waals surface area contributed by atoms with Crippen LogP contribution in [0.5, 0.6) is 0 Å². The highest BCUT2D eigenvalue weighted by atomic mass is 19.1. The molecule has 3 N–H and O–H groups in total. The van der Waals surface area contributed by atoms with E-state index in [1.165, 1.54) is 12.3 Å². The number of hydrogen-bond donors (Lipinski definition) is 3. The summed E-state index contributed by atoms with van der Waals surface area (Å²) in [6, 6.07) is 2.74. The summed E-state index contributed by atoms with van der Waals surface area (Å²) in [4.78, 5) is 23.6. The van der Waals surface area contributed by atoms with Crippen LogP contribution in [0.15, 0.2) is 23.1 Å². The first-order valence-electron chi connectivity index (χ1n) is 8.07. The second-order valence-corrected chi connectivity index (χ2v) is 5.93. The molecule has 0 saturated heterocycles. The summed E-state index contributed by atoms with van der Waals surface area (Å²) in [5, 5.41) is 20.8. The van der Waals surface area contributed by atoms with E-state index in [9.17, 15) is 19.1 Å². The fourth-order valence-corrected chi connectivity index (χ4v) is 2.74. The molecule has 1 aliphatic rings. The average molecular weight is 350 g/mol. The van der Waals surface area contributed by atoms with E-state index in [1.54, 1.807) is 4.57 Å². The Balaban J connectivity index is 1.98. The summed E-state index contributed by atoms with van der Waals surface area (Å²) >= 11 is 0. The molecule has 8 heteroatoms. The quantitative estimate of drug-likeness (QED) is 0.625. The van der Waals surface area contributed by atoms with Gasteiger partial charge in [-0.25, -0.2) is 9.18 Å². The van der Waals surface area contributed by atoms with Crippen LogP contribution >= 0.6 is 0 Å². The summed E-state index contributed by atoms with van der Waals surface area (Å²) < 4.78 is 21.2. The lowest BCUT2D eigenvalue weighted by Gasteiger charge is -2.14. The predicted octanol–water partition coefficient (Wildman–Crippen LogP) is 1.59. The van der Waals surface area contributed by atoms with E-state index in [4.69, 9.17) is 9.84 Å². The van der Waals surface area contributed by atoms with Crippen LogP contribution in [0.1, 0.15) is 29.2 Å². The van der Waals surface area contributed by atoms with Crippen molar-refractivity contribution < 1.29 is 24.1 Å². The van der Waals surface area contributed by atoms with E-state index < -0.39 is 17.2 Å². The zero-order chi connectivity index (χ0) is 18.0. The van der Waals surface area contributed by atoms with Gasteiger partial charge in [0.25, 0.3) is 0 Å². The molecule has 1 aromatic heterocycles. The van der Waals surface area contributed by atoms with Gasteiger partial charge in [0.15, 0.2) is 0 Å². The van der Waals surface area contributed by atoms with Crippen LogP contribution in [0.2, 0.25) is 0 Å². The summed E-state index contributed by atoms with van der Waals surface area (Å²) in [7, 11) is 0. The van der Waals surface area contributed by atoms with E-state index in [1.807, 2.05) is 0 Å². The standard InChI is InChI=1S/C17H19FN2O5/c18-13-7-11-15(8-14(13)19-3-5-25-6-4-21)20(10-1-2-10)9-12(16(11)22)17(23)24/h7-10,19,21H,1-6H2,(H,23,24). The van der Waals surface area contributed by atoms with Gasteiger partial charge in [-0.3, -0.25) is 4.79 Å². The molecule has 1 aliphatic carbocycles. The van der Waals surface area contributed by atoms with Gasteiger partial charge in [0.2, 0.25) is 5.43 Å². The van der Waals surface area contributed by atoms with Gasteiger partial charge in [0.05, 0.1) is 31.0 Å². The Morgan fingerprint density at radius 2 is 2.12 bits per heavy atom. The Labute approximate surface area is 142 Å². The molecule has 0 aliphatic heterocycles. The van der Waals surface area contributed by atoms with Gasteiger partial charge < -0.3 is 24.8 Å². The minimum Gasteiger partial charge on any atom is -0.477 e. The molecule has 1 heterocycles. The van der Waals surface area contributed by atoms with E-state index in [2.05, 4.69) is 5.32 Å². The molecular weight excluding hydrogens is 331 g/mol. The van der Waals surface area contributed by atoms with Gasteiger partial charge in [-0.05, 0) is 25.0 Å². The van der Waals surface area contributed by atoms with Gasteiger partial charge in [0, 0.05) is 24.2 Å². The van der Waals surface area contributed by atoms with Crippen molar-refractivity contribution in [1.82, 2.24) is 4.57 Å². The number of aliphatic hydroxyl groups excluding tert-OH is 1. The number of carboxylic acid groups (broad SMARTS) is 1. The molecule has 0 amide bonds. The number of halogens is 1. The second-order valence-electron chi connectivity index (χ2n) is 5.93. The number of hydrogen-bond acceptors (Lipinski definition) is 5. The van der Waals surface area contributed by atoms with E-state index in [-0.39, 0.29) is 35.9 Å². The molecule has 1 aromatic carbocycles. The summed E-state index contributed by atoms with van der Waals surface area (Å²) in [5.41, 5.74) is -0.303.